The Morgan fingerprint density at radius 1 is 1.14 bits per heavy atom. The summed E-state index contributed by atoms with van der Waals surface area (Å²) < 4.78 is 14.4. The first-order chi connectivity index (χ1) is 13.8. The van der Waals surface area contributed by atoms with Crippen LogP contribution in [-0.4, -0.2) is 45.5 Å². The SMILES string of the molecule is O=C1C(C2CC(O)C2)N(Cc2ccc(Cl)cc2)C(=O)CN1c1ncc(Cl)cc1F. The minimum Gasteiger partial charge on any atom is -0.393 e. The number of nitrogens with zero attached hydrogens (tertiary/aromatic N) is 3. The summed E-state index contributed by atoms with van der Waals surface area (Å²) in [5.41, 5.74) is 0.824. The van der Waals surface area contributed by atoms with Crippen molar-refractivity contribution < 1.29 is 19.1 Å². The van der Waals surface area contributed by atoms with Crippen LogP contribution in [0.2, 0.25) is 10.0 Å². The second-order valence-electron chi connectivity index (χ2n) is 7.36. The predicted molar refractivity (Wildman–Crippen MR) is 106 cm³/mol. The summed E-state index contributed by atoms with van der Waals surface area (Å²) in [6.07, 6.45) is 1.55. The Kier molecular flexibility index (Phi) is 5.46. The number of piperazine rings is 1. The molecule has 0 spiro atoms. The molecule has 2 aliphatic rings. The molecule has 9 heteroatoms. The highest BCUT2D eigenvalue weighted by Gasteiger charge is 2.48. The van der Waals surface area contributed by atoms with Crippen molar-refractivity contribution in [3.05, 3.63) is 58.0 Å². The Balaban J connectivity index is 1.65. The van der Waals surface area contributed by atoms with Crippen molar-refractivity contribution in [3.8, 4) is 0 Å². The van der Waals surface area contributed by atoms with E-state index < -0.39 is 23.9 Å². The van der Waals surface area contributed by atoms with E-state index >= 15 is 0 Å². The van der Waals surface area contributed by atoms with Crippen LogP contribution in [0.25, 0.3) is 0 Å². The van der Waals surface area contributed by atoms with E-state index in [0.29, 0.717) is 17.9 Å². The fourth-order valence-corrected chi connectivity index (χ4v) is 4.12. The van der Waals surface area contributed by atoms with Gasteiger partial charge in [0.1, 0.15) is 12.6 Å². The van der Waals surface area contributed by atoms with Crippen molar-refractivity contribution in [1.29, 1.82) is 0 Å². The van der Waals surface area contributed by atoms with Gasteiger partial charge in [-0.25, -0.2) is 9.37 Å². The van der Waals surface area contributed by atoms with Gasteiger partial charge in [0.2, 0.25) is 5.91 Å². The Morgan fingerprint density at radius 2 is 1.83 bits per heavy atom. The van der Waals surface area contributed by atoms with Gasteiger partial charge in [-0.05, 0) is 42.5 Å². The maximum Gasteiger partial charge on any atom is 0.251 e. The van der Waals surface area contributed by atoms with Crippen LogP contribution in [0.15, 0.2) is 36.5 Å². The molecule has 152 valence electrons. The molecule has 1 aromatic heterocycles. The topological polar surface area (TPSA) is 73.7 Å². The third kappa shape index (κ3) is 3.95. The quantitative estimate of drug-likeness (QED) is 0.797. The van der Waals surface area contributed by atoms with Gasteiger partial charge in [0.05, 0.1) is 11.1 Å². The normalized spacial score (nSPS) is 24.6. The van der Waals surface area contributed by atoms with E-state index in [1.54, 1.807) is 24.3 Å². The van der Waals surface area contributed by atoms with Gasteiger partial charge >= 0.3 is 0 Å². The van der Waals surface area contributed by atoms with Gasteiger partial charge in [0, 0.05) is 17.8 Å². The van der Waals surface area contributed by atoms with E-state index in [1.807, 2.05) is 0 Å². The molecule has 2 amide bonds. The molecule has 1 N–H and O–H groups in total. The molecule has 1 saturated carbocycles. The maximum atomic E-state index is 14.4. The van der Waals surface area contributed by atoms with Gasteiger partial charge in [-0.2, -0.15) is 0 Å². The molecule has 1 aromatic carbocycles. The molecule has 1 atom stereocenters. The molecule has 1 unspecified atom stereocenters. The predicted octanol–water partition coefficient (Wildman–Crippen LogP) is 3.04. The highest BCUT2D eigenvalue weighted by atomic mass is 35.5. The lowest BCUT2D eigenvalue weighted by Crippen LogP contribution is -2.64. The summed E-state index contributed by atoms with van der Waals surface area (Å²) in [4.78, 5) is 32.8. The molecule has 6 nitrogen and oxygen atoms in total. The zero-order chi connectivity index (χ0) is 20.7. The van der Waals surface area contributed by atoms with Crippen molar-refractivity contribution in [3.63, 3.8) is 0 Å². The fraction of sp³-hybridized carbons (Fsp3) is 0.350. The van der Waals surface area contributed by atoms with Crippen LogP contribution in [0, 0.1) is 11.7 Å². The molecule has 2 fully saturated rings. The number of aliphatic hydroxyl groups is 1. The van der Waals surface area contributed by atoms with Crippen molar-refractivity contribution >= 4 is 40.8 Å². The van der Waals surface area contributed by atoms with Gasteiger partial charge < -0.3 is 10.0 Å². The highest BCUT2D eigenvalue weighted by Crippen LogP contribution is 2.37. The first-order valence-electron chi connectivity index (χ1n) is 9.18. The van der Waals surface area contributed by atoms with Crippen LogP contribution in [0.4, 0.5) is 10.2 Å². The molecular weight excluding hydrogens is 420 g/mol. The molecule has 2 heterocycles. The fourth-order valence-electron chi connectivity index (χ4n) is 3.85. The van der Waals surface area contributed by atoms with E-state index in [-0.39, 0.29) is 35.8 Å². The van der Waals surface area contributed by atoms with Crippen molar-refractivity contribution in [2.24, 2.45) is 5.92 Å². The molecule has 0 radical (unpaired) electrons. The number of aliphatic hydroxyl groups excluding tert-OH is 1. The summed E-state index contributed by atoms with van der Waals surface area (Å²) in [5, 5.41) is 10.4. The van der Waals surface area contributed by atoms with Gasteiger partial charge in [-0.3, -0.25) is 14.5 Å². The van der Waals surface area contributed by atoms with E-state index in [4.69, 9.17) is 23.2 Å². The molecule has 4 rings (SSSR count). The number of hydrogen-bond acceptors (Lipinski definition) is 4. The Morgan fingerprint density at radius 3 is 2.45 bits per heavy atom. The number of carbonyl (C=O) groups is 2. The minimum absolute atomic E-state index is 0.102. The highest BCUT2D eigenvalue weighted by molar-refractivity contribution is 6.30. The van der Waals surface area contributed by atoms with Crippen LogP contribution < -0.4 is 4.90 Å². The van der Waals surface area contributed by atoms with Gasteiger partial charge in [0.15, 0.2) is 11.6 Å². The zero-order valence-corrected chi connectivity index (χ0v) is 16.8. The lowest BCUT2D eigenvalue weighted by atomic mass is 9.75. The lowest BCUT2D eigenvalue weighted by Gasteiger charge is -2.47. The van der Waals surface area contributed by atoms with E-state index in [9.17, 15) is 19.1 Å². The van der Waals surface area contributed by atoms with E-state index in [2.05, 4.69) is 4.98 Å². The summed E-state index contributed by atoms with van der Waals surface area (Å²) in [6.45, 7) is -0.0902. The number of amides is 2. The standard InChI is InChI=1S/C20H18Cl2FN3O3/c21-13-3-1-11(2-4-13)9-25-17(28)10-26(19-16(23)7-14(22)8-24-19)20(29)18(25)12-5-15(27)6-12/h1-4,7-8,12,15,18,27H,5-6,9-10H2. The van der Waals surface area contributed by atoms with Gasteiger partial charge in [0.25, 0.3) is 5.91 Å². The Labute approximate surface area is 176 Å². The Hall–Kier alpha value is -2.22. The smallest absolute Gasteiger partial charge is 0.251 e. The number of aromatic nitrogens is 1. The first kappa shape index (κ1) is 20.1. The molecular formula is C20H18Cl2FN3O3. The van der Waals surface area contributed by atoms with Crippen molar-refractivity contribution in [1.82, 2.24) is 9.88 Å². The molecule has 29 heavy (non-hydrogen) atoms. The van der Waals surface area contributed by atoms with Gasteiger partial charge in [-0.1, -0.05) is 35.3 Å². The van der Waals surface area contributed by atoms with E-state index in [0.717, 1.165) is 16.5 Å². The van der Waals surface area contributed by atoms with Gasteiger partial charge in [-0.15, -0.1) is 0 Å². The number of anilines is 1. The summed E-state index contributed by atoms with van der Waals surface area (Å²) >= 11 is 11.7. The van der Waals surface area contributed by atoms with E-state index in [1.165, 1.54) is 11.1 Å². The lowest BCUT2D eigenvalue weighted by molar-refractivity contribution is -0.149. The van der Waals surface area contributed by atoms with Crippen LogP contribution in [-0.2, 0) is 16.1 Å². The maximum absolute atomic E-state index is 14.4. The average Bonchev–Trinajstić information content (AvgIpc) is 2.65. The summed E-state index contributed by atoms with van der Waals surface area (Å²) in [7, 11) is 0. The number of benzene rings is 1. The summed E-state index contributed by atoms with van der Waals surface area (Å²) in [5.74, 6) is -1.92. The van der Waals surface area contributed by atoms with Crippen LogP contribution in [0.3, 0.4) is 0 Å². The first-order valence-corrected chi connectivity index (χ1v) is 9.93. The molecule has 2 aromatic rings. The van der Waals surface area contributed by atoms with Crippen molar-refractivity contribution in [2.75, 3.05) is 11.4 Å². The monoisotopic (exact) mass is 437 g/mol. The third-order valence-electron chi connectivity index (χ3n) is 5.37. The van der Waals surface area contributed by atoms with Crippen LogP contribution >= 0.6 is 23.2 Å². The number of carbonyl (C=O) groups excluding carboxylic acids is 2. The zero-order valence-electron chi connectivity index (χ0n) is 15.3. The largest absolute Gasteiger partial charge is 0.393 e. The Bertz CT molecular complexity index is 950. The van der Waals surface area contributed by atoms with Crippen LogP contribution in [0.5, 0.6) is 0 Å². The average molecular weight is 438 g/mol. The number of halogens is 3. The number of pyridine rings is 1. The molecule has 1 aliphatic carbocycles. The molecule has 1 saturated heterocycles. The minimum atomic E-state index is -0.799. The number of rotatable bonds is 4. The second kappa shape index (κ2) is 7.89. The van der Waals surface area contributed by atoms with Crippen molar-refractivity contribution in [2.45, 2.75) is 31.5 Å². The van der Waals surface area contributed by atoms with Crippen LogP contribution in [0.1, 0.15) is 18.4 Å². The molecule has 0 bridgehead atoms. The molecule has 1 aliphatic heterocycles. The third-order valence-corrected chi connectivity index (χ3v) is 5.83. The summed E-state index contributed by atoms with van der Waals surface area (Å²) in [6, 6.07) is 7.28. The number of hydrogen-bond donors (Lipinski definition) is 1. The second-order valence-corrected chi connectivity index (χ2v) is 8.23.